The van der Waals surface area contributed by atoms with E-state index in [0.29, 0.717) is 42.9 Å². The fourth-order valence-corrected chi connectivity index (χ4v) is 2.92. The van der Waals surface area contributed by atoms with Crippen LogP contribution in [0.15, 0.2) is 41.4 Å². The molecule has 31 heavy (non-hydrogen) atoms. The largest absolute Gasteiger partial charge is 0.493 e. The SMILES string of the molecule is CN=C(NCc1cccc(OCCN(C)C)c1)NCc1cc(OC)c(OC)c(OC)c1. The first-order chi connectivity index (χ1) is 15.0. The molecule has 0 aliphatic rings. The molecule has 0 atom stereocenters. The van der Waals surface area contributed by atoms with E-state index in [1.165, 1.54) is 0 Å². The molecule has 170 valence electrons. The van der Waals surface area contributed by atoms with Crippen LogP contribution in [0.2, 0.25) is 0 Å². The standard InChI is InChI=1S/C23H34N4O4/c1-24-23(25-15-17-8-7-9-19(12-17)31-11-10-27(2)3)26-16-18-13-20(28-4)22(30-6)21(14-18)29-5/h7-9,12-14H,10-11,15-16H2,1-6H3,(H2,24,25,26). The second kappa shape index (κ2) is 12.5. The van der Waals surface area contributed by atoms with E-state index in [9.17, 15) is 0 Å². The molecule has 0 fully saturated rings. The van der Waals surface area contributed by atoms with Crippen molar-refractivity contribution in [2.45, 2.75) is 13.1 Å². The number of aliphatic imine (C=N–C) groups is 1. The van der Waals surface area contributed by atoms with Crippen molar-refractivity contribution >= 4 is 5.96 Å². The Bertz CT molecular complexity index is 830. The van der Waals surface area contributed by atoms with Crippen LogP contribution in [-0.4, -0.2) is 66.5 Å². The lowest BCUT2D eigenvalue weighted by molar-refractivity contribution is 0.261. The van der Waals surface area contributed by atoms with Crippen molar-refractivity contribution in [1.29, 1.82) is 0 Å². The average Bonchev–Trinajstić information content (AvgIpc) is 2.78. The van der Waals surface area contributed by atoms with Crippen LogP contribution in [-0.2, 0) is 13.1 Å². The number of nitrogens with one attached hydrogen (secondary N) is 2. The predicted molar refractivity (Wildman–Crippen MR) is 124 cm³/mol. The smallest absolute Gasteiger partial charge is 0.203 e. The second-order valence-electron chi connectivity index (χ2n) is 7.11. The number of hydrogen-bond acceptors (Lipinski definition) is 6. The number of likely N-dealkylation sites (N-methyl/N-ethyl adjacent to an activating group) is 1. The number of methoxy groups -OCH3 is 3. The van der Waals surface area contributed by atoms with Crippen molar-refractivity contribution in [1.82, 2.24) is 15.5 Å². The number of ether oxygens (including phenoxy) is 4. The van der Waals surface area contributed by atoms with Gasteiger partial charge in [-0.1, -0.05) is 12.1 Å². The summed E-state index contributed by atoms with van der Waals surface area (Å²) in [7, 11) is 10.6. The molecule has 2 rings (SSSR count). The van der Waals surface area contributed by atoms with Crippen molar-refractivity contribution in [2.75, 3.05) is 55.6 Å². The molecule has 0 heterocycles. The first-order valence-electron chi connectivity index (χ1n) is 10.1. The summed E-state index contributed by atoms with van der Waals surface area (Å²) in [5, 5.41) is 6.63. The number of benzene rings is 2. The van der Waals surface area contributed by atoms with Gasteiger partial charge in [0.15, 0.2) is 17.5 Å². The third-order valence-corrected chi connectivity index (χ3v) is 4.57. The quantitative estimate of drug-likeness (QED) is 0.419. The summed E-state index contributed by atoms with van der Waals surface area (Å²) < 4.78 is 22.0. The van der Waals surface area contributed by atoms with Gasteiger partial charge in [-0.15, -0.1) is 0 Å². The third-order valence-electron chi connectivity index (χ3n) is 4.57. The molecule has 0 saturated carbocycles. The van der Waals surface area contributed by atoms with Crippen molar-refractivity contribution in [3.8, 4) is 23.0 Å². The predicted octanol–water partition coefficient (Wildman–Crippen LogP) is 2.52. The molecule has 0 bridgehead atoms. The molecule has 0 radical (unpaired) electrons. The van der Waals surface area contributed by atoms with E-state index >= 15 is 0 Å². The van der Waals surface area contributed by atoms with Gasteiger partial charge in [-0.3, -0.25) is 4.99 Å². The van der Waals surface area contributed by atoms with Crippen LogP contribution in [0, 0.1) is 0 Å². The molecular formula is C23H34N4O4. The van der Waals surface area contributed by atoms with Gasteiger partial charge in [0, 0.05) is 26.7 Å². The summed E-state index contributed by atoms with van der Waals surface area (Å²) in [4.78, 5) is 6.39. The van der Waals surface area contributed by atoms with Crippen LogP contribution in [0.4, 0.5) is 0 Å². The summed E-state index contributed by atoms with van der Waals surface area (Å²) in [6.45, 7) is 2.70. The molecule has 0 amide bonds. The van der Waals surface area contributed by atoms with Gasteiger partial charge in [0.2, 0.25) is 5.75 Å². The van der Waals surface area contributed by atoms with E-state index in [0.717, 1.165) is 23.4 Å². The Balaban J connectivity index is 1.94. The summed E-state index contributed by atoms with van der Waals surface area (Å²) in [5.74, 6) is 3.36. The van der Waals surface area contributed by atoms with Crippen molar-refractivity contribution in [2.24, 2.45) is 4.99 Å². The van der Waals surface area contributed by atoms with Crippen molar-refractivity contribution in [3.63, 3.8) is 0 Å². The van der Waals surface area contributed by atoms with E-state index in [4.69, 9.17) is 18.9 Å². The maximum Gasteiger partial charge on any atom is 0.203 e. The summed E-state index contributed by atoms with van der Waals surface area (Å²) >= 11 is 0. The van der Waals surface area contributed by atoms with Gasteiger partial charge in [-0.25, -0.2) is 0 Å². The fourth-order valence-electron chi connectivity index (χ4n) is 2.92. The molecule has 0 spiro atoms. The summed E-state index contributed by atoms with van der Waals surface area (Å²) in [5.41, 5.74) is 2.09. The molecule has 0 saturated heterocycles. The maximum absolute atomic E-state index is 5.81. The minimum atomic E-state index is 0.546. The van der Waals surface area contributed by atoms with Gasteiger partial charge in [-0.05, 0) is 49.5 Å². The van der Waals surface area contributed by atoms with Crippen LogP contribution >= 0.6 is 0 Å². The lowest BCUT2D eigenvalue weighted by Gasteiger charge is -2.16. The molecule has 2 aromatic carbocycles. The van der Waals surface area contributed by atoms with Crippen molar-refractivity contribution in [3.05, 3.63) is 47.5 Å². The zero-order chi connectivity index (χ0) is 22.6. The average molecular weight is 431 g/mol. The van der Waals surface area contributed by atoms with E-state index in [1.807, 2.05) is 44.4 Å². The Morgan fingerprint density at radius 1 is 0.903 bits per heavy atom. The highest BCUT2D eigenvalue weighted by Crippen LogP contribution is 2.38. The fraction of sp³-hybridized carbons (Fsp3) is 0.435. The summed E-state index contributed by atoms with van der Waals surface area (Å²) in [6, 6.07) is 11.9. The van der Waals surface area contributed by atoms with Gasteiger partial charge in [0.1, 0.15) is 12.4 Å². The molecule has 8 nitrogen and oxygen atoms in total. The number of rotatable bonds is 11. The van der Waals surface area contributed by atoms with Crippen molar-refractivity contribution < 1.29 is 18.9 Å². The monoisotopic (exact) mass is 430 g/mol. The summed E-state index contributed by atoms with van der Waals surface area (Å²) in [6.07, 6.45) is 0. The van der Waals surface area contributed by atoms with E-state index in [-0.39, 0.29) is 0 Å². The lowest BCUT2D eigenvalue weighted by Crippen LogP contribution is -2.36. The Hall–Kier alpha value is -3.13. The Labute approximate surface area is 185 Å². The number of nitrogens with zero attached hydrogens (tertiary/aromatic N) is 2. The molecule has 2 N–H and O–H groups in total. The zero-order valence-corrected chi connectivity index (χ0v) is 19.3. The highest BCUT2D eigenvalue weighted by molar-refractivity contribution is 5.79. The van der Waals surface area contributed by atoms with Crippen LogP contribution in [0.25, 0.3) is 0 Å². The normalized spacial score (nSPS) is 11.3. The molecular weight excluding hydrogens is 396 g/mol. The van der Waals surface area contributed by atoms with Crippen LogP contribution in [0.1, 0.15) is 11.1 Å². The highest BCUT2D eigenvalue weighted by atomic mass is 16.5. The molecule has 0 aliphatic heterocycles. The van der Waals surface area contributed by atoms with E-state index in [2.05, 4.69) is 26.6 Å². The van der Waals surface area contributed by atoms with E-state index < -0.39 is 0 Å². The zero-order valence-electron chi connectivity index (χ0n) is 19.3. The Morgan fingerprint density at radius 2 is 1.55 bits per heavy atom. The Morgan fingerprint density at radius 3 is 2.10 bits per heavy atom. The van der Waals surface area contributed by atoms with Gasteiger partial charge in [0.05, 0.1) is 21.3 Å². The molecule has 0 unspecified atom stereocenters. The van der Waals surface area contributed by atoms with Crippen LogP contribution in [0.5, 0.6) is 23.0 Å². The lowest BCUT2D eigenvalue weighted by atomic mass is 10.2. The number of guanidine groups is 1. The topological polar surface area (TPSA) is 76.6 Å². The first kappa shape index (κ1) is 24.1. The van der Waals surface area contributed by atoms with Gasteiger partial charge < -0.3 is 34.5 Å². The molecule has 2 aromatic rings. The minimum absolute atomic E-state index is 0.546. The second-order valence-corrected chi connectivity index (χ2v) is 7.11. The third kappa shape index (κ3) is 7.57. The van der Waals surface area contributed by atoms with Gasteiger partial charge >= 0.3 is 0 Å². The highest BCUT2D eigenvalue weighted by Gasteiger charge is 2.13. The molecule has 0 aliphatic carbocycles. The number of hydrogen-bond donors (Lipinski definition) is 2. The first-order valence-corrected chi connectivity index (χ1v) is 10.1. The van der Waals surface area contributed by atoms with E-state index in [1.54, 1.807) is 28.4 Å². The minimum Gasteiger partial charge on any atom is -0.493 e. The maximum atomic E-state index is 5.81. The molecule has 0 aromatic heterocycles. The molecule has 8 heteroatoms. The van der Waals surface area contributed by atoms with Gasteiger partial charge in [-0.2, -0.15) is 0 Å². The van der Waals surface area contributed by atoms with Gasteiger partial charge in [0.25, 0.3) is 0 Å². The Kier molecular flexibility index (Phi) is 9.77. The van der Waals surface area contributed by atoms with Crippen LogP contribution in [0.3, 0.4) is 0 Å². The van der Waals surface area contributed by atoms with Crippen LogP contribution < -0.4 is 29.6 Å².